The molecule has 4 heteroatoms. The SMILES string of the molecule is CC#CCC(NN)c1cc(F)cc(Br)c1. The van der Waals surface area contributed by atoms with Crippen molar-refractivity contribution in [1.82, 2.24) is 5.43 Å². The smallest absolute Gasteiger partial charge is 0.124 e. The summed E-state index contributed by atoms with van der Waals surface area (Å²) in [7, 11) is 0. The van der Waals surface area contributed by atoms with E-state index in [1.165, 1.54) is 12.1 Å². The Morgan fingerprint density at radius 1 is 1.53 bits per heavy atom. The van der Waals surface area contributed by atoms with Crippen LogP contribution in [0.1, 0.15) is 24.9 Å². The third-order valence-corrected chi connectivity index (χ3v) is 2.43. The van der Waals surface area contributed by atoms with Crippen molar-refractivity contribution >= 4 is 15.9 Å². The van der Waals surface area contributed by atoms with Gasteiger partial charge in [0, 0.05) is 10.9 Å². The number of halogens is 2. The number of hydrogen-bond acceptors (Lipinski definition) is 2. The van der Waals surface area contributed by atoms with E-state index in [0.29, 0.717) is 10.9 Å². The third-order valence-electron chi connectivity index (χ3n) is 1.97. The van der Waals surface area contributed by atoms with Gasteiger partial charge in [0.15, 0.2) is 0 Å². The molecular weight excluding hydrogens is 259 g/mol. The summed E-state index contributed by atoms with van der Waals surface area (Å²) in [6, 6.07) is 4.53. The van der Waals surface area contributed by atoms with Crippen LogP contribution in [0.2, 0.25) is 0 Å². The van der Waals surface area contributed by atoms with Crippen molar-refractivity contribution in [1.29, 1.82) is 0 Å². The summed E-state index contributed by atoms with van der Waals surface area (Å²) in [5.41, 5.74) is 3.40. The van der Waals surface area contributed by atoms with E-state index in [4.69, 9.17) is 5.84 Å². The van der Waals surface area contributed by atoms with Gasteiger partial charge in [0.25, 0.3) is 0 Å². The van der Waals surface area contributed by atoms with Gasteiger partial charge in [-0.2, -0.15) is 0 Å². The highest BCUT2D eigenvalue weighted by atomic mass is 79.9. The molecule has 1 aromatic rings. The summed E-state index contributed by atoms with van der Waals surface area (Å²) in [6.45, 7) is 1.76. The first-order valence-electron chi connectivity index (χ1n) is 4.49. The molecule has 1 aromatic carbocycles. The van der Waals surface area contributed by atoms with Crippen LogP contribution in [0.5, 0.6) is 0 Å². The fourth-order valence-electron chi connectivity index (χ4n) is 1.25. The third kappa shape index (κ3) is 3.63. The zero-order chi connectivity index (χ0) is 11.3. The van der Waals surface area contributed by atoms with Gasteiger partial charge < -0.3 is 0 Å². The summed E-state index contributed by atoms with van der Waals surface area (Å²) < 4.78 is 13.8. The maximum Gasteiger partial charge on any atom is 0.124 e. The zero-order valence-corrected chi connectivity index (χ0v) is 9.94. The molecule has 0 amide bonds. The highest BCUT2D eigenvalue weighted by molar-refractivity contribution is 9.10. The van der Waals surface area contributed by atoms with E-state index < -0.39 is 0 Å². The van der Waals surface area contributed by atoms with Crippen molar-refractivity contribution in [3.63, 3.8) is 0 Å². The number of rotatable bonds is 3. The highest BCUT2D eigenvalue weighted by Gasteiger charge is 2.09. The Morgan fingerprint density at radius 3 is 2.80 bits per heavy atom. The van der Waals surface area contributed by atoms with Gasteiger partial charge in [-0.1, -0.05) is 15.9 Å². The van der Waals surface area contributed by atoms with Gasteiger partial charge in [-0.15, -0.1) is 11.8 Å². The molecule has 0 spiro atoms. The fourth-order valence-corrected chi connectivity index (χ4v) is 1.74. The Morgan fingerprint density at radius 2 is 2.27 bits per heavy atom. The molecular formula is C11H12BrFN2. The molecule has 80 valence electrons. The quantitative estimate of drug-likeness (QED) is 0.503. The number of benzene rings is 1. The van der Waals surface area contributed by atoms with Crippen molar-refractivity contribution in [2.75, 3.05) is 0 Å². The Bertz CT molecular complexity index is 375. The summed E-state index contributed by atoms with van der Waals surface area (Å²) >= 11 is 3.23. The van der Waals surface area contributed by atoms with Crippen LogP contribution in [-0.2, 0) is 0 Å². The Hall–Kier alpha value is -0.890. The molecule has 15 heavy (non-hydrogen) atoms. The summed E-state index contributed by atoms with van der Waals surface area (Å²) in [6.07, 6.45) is 0.558. The minimum absolute atomic E-state index is 0.149. The van der Waals surface area contributed by atoms with Crippen molar-refractivity contribution in [2.24, 2.45) is 5.84 Å². The lowest BCUT2D eigenvalue weighted by atomic mass is 10.0. The fraction of sp³-hybridized carbons (Fsp3) is 0.273. The average Bonchev–Trinajstić information content (AvgIpc) is 2.17. The standard InChI is InChI=1S/C11H12BrFN2/c1-2-3-4-11(15-14)8-5-9(12)7-10(13)6-8/h5-7,11,15H,4,14H2,1H3. The van der Waals surface area contributed by atoms with Crippen molar-refractivity contribution < 1.29 is 4.39 Å². The molecule has 1 atom stereocenters. The summed E-state index contributed by atoms with van der Waals surface area (Å²) in [5.74, 6) is 10.8. The molecule has 0 saturated heterocycles. The van der Waals surface area contributed by atoms with E-state index in [-0.39, 0.29) is 11.9 Å². The second kappa shape index (κ2) is 5.86. The molecule has 0 bridgehead atoms. The lowest BCUT2D eigenvalue weighted by Gasteiger charge is -2.13. The van der Waals surface area contributed by atoms with Crippen LogP contribution in [0.3, 0.4) is 0 Å². The van der Waals surface area contributed by atoms with E-state index in [1.807, 2.05) is 6.07 Å². The monoisotopic (exact) mass is 270 g/mol. The molecule has 2 nitrogen and oxygen atoms in total. The maximum absolute atomic E-state index is 13.1. The van der Waals surface area contributed by atoms with E-state index in [9.17, 15) is 4.39 Å². The number of nitrogens with one attached hydrogen (secondary N) is 1. The van der Waals surface area contributed by atoms with Crippen LogP contribution in [0.25, 0.3) is 0 Å². The molecule has 0 aliphatic rings. The number of hydrogen-bond donors (Lipinski definition) is 2. The van der Waals surface area contributed by atoms with Gasteiger partial charge in [-0.05, 0) is 30.7 Å². The normalized spacial score (nSPS) is 11.7. The van der Waals surface area contributed by atoms with E-state index >= 15 is 0 Å². The van der Waals surface area contributed by atoms with Crippen LogP contribution in [0.15, 0.2) is 22.7 Å². The maximum atomic E-state index is 13.1. The molecule has 0 aliphatic carbocycles. The van der Waals surface area contributed by atoms with Crippen LogP contribution >= 0.6 is 15.9 Å². The second-order valence-corrected chi connectivity index (χ2v) is 3.97. The molecule has 1 rings (SSSR count). The predicted molar refractivity (Wildman–Crippen MR) is 62.2 cm³/mol. The number of nitrogens with two attached hydrogens (primary N) is 1. The second-order valence-electron chi connectivity index (χ2n) is 3.05. The first-order chi connectivity index (χ1) is 7.17. The Balaban J connectivity index is 2.93. The highest BCUT2D eigenvalue weighted by Crippen LogP contribution is 2.21. The number of hydrazine groups is 1. The molecule has 0 aromatic heterocycles. The molecule has 3 N–H and O–H groups in total. The largest absolute Gasteiger partial charge is 0.271 e. The van der Waals surface area contributed by atoms with Crippen molar-refractivity contribution in [2.45, 2.75) is 19.4 Å². The van der Waals surface area contributed by atoms with Crippen molar-refractivity contribution in [3.05, 3.63) is 34.1 Å². The van der Waals surface area contributed by atoms with Gasteiger partial charge in [0.05, 0.1) is 6.04 Å². The lowest BCUT2D eigenvalue weighted by Crippen LogP contribution is -2.27. The first-order valence-corrected chi connectivity index (χ1v) is 5.28. The molecule has 0 aliphatic heterocycles. The predicted octanol–water partition coefficient (Wildman–Crippen LogP) is 2.51. The Kier molecular flexibility index (Phi) is 4.76. The molecule has 0 fully saturated rings. The molecule has 0 saturated carbocycles. The molecule has 0 heterocycles. The van der Waals surface area contributed by atoms with Crippen molar-refractivity contribution in [3.8, 4) is 11.8 Å². The van der Waals surface area contributed by atoms with E-state index in [2.05, 4.69) is 33.2 Å². The minimum Gasteiger partial charge on any atom is -0.271 e. The van der Waals surface area contributed by atoms with E-state index in [0.717, 1.165) is 5.56 Å². The van der Waals surface area contributed by atoms with Gasteiger partial charge in [0.2, 0.25) is 0 Å². The first kappa shape index (κ1) is 12.2. The minimum atomic E-state index is -0.288. The van der Waals surface area contributed by atoms with Crippen LogP contribution in [-0.4, -0.2) is 0 Å². The lowest BCUT2D eigenvalue weighted by molar-refractivity contribution is 0.558. The average molecular weight is 271 g/mol. The molecule has 1 unspecified atom stereocenters. The molecule has 0 radical (unpaired) electrons. The Labute approximate surface area is 97.1 Å². The van der Waals surface area contributed by atoms with E-state index in [1.54, 1.807) is 6.92 Å². The van der Waals surface area contributed by atoms with Crippen LogP contribution < -0.4 is 11.3 Å². The van der Waals surface area contributed by atoms with Gasteiger partial charge in [-0.3, -0.25) is 11.3 Å². The zero-order valence-electron chi connectivity index (χ0n) is 8.35. The van der Waals surface area contributed by atoms with Gasteiger partial charge >= 0.3 is 0 Å². The van der Waals surface area contributed by atoms with Crippen LogP contribution in [0, 0.1) is 17.7 Å². The topological polar surface area (TPSA) is 38.0 Å². The van der Waals surface area contributed by atoms with Gasteiger partial charge in [-0.25, -0.2) is 4.39 Å². The van der Waals surface area contributed by atoms with Gasteiger partial charge in [0.1, 0.15) is 5.82 Å². The summed E-state index contributed by atoms with van der Waals surface area (Å²) in [4.78, 5) is 0. The summed E-state index contributed by atoms with van der Waals surface area (Å²) in [5, 5.41) is 0. The van der Waals surface area contributed by atoms with Crippen LogP contribution in [0.4, 0.5) is 4.39 Å².